The second-order valence-corrected chi connectivity index (χ2v) is 5.06. The van der Waals surface area contributed by atoms with Crippen molar-refractivity contribution in [2.24, 2.45) is 0 Å². The molecule has 1 aliphatic carbocycles. The van der Waals surface area contributed by atoms with Gasteiger partial charge in [-0.25, -0.2) is 0 Å². The number of nitrogen functional groups attached to an aromatic ring is 1. The predicted octanol–water partition coefficient (Wildman–Crippen LogP) is 4.91. The molecule has 0 radical (unpaired) electrons. The minimum atomic E-state index is 0.874. The summed E-state index contributed by atoms with van der Waals surface area (Å²) in [5, 5.41) is 0. The van der Waals surface area contributed by atoms with Gasteiger partial charge in [0.25, 0.3) is 0 Å². The summed E-state index contributed by atoms with van der Waals surface area (Å²) in [5.41, 5.74) is 15.6. The minimum absolute atomic E-state index is 0.874. The lowest BCUT2D eigenvalue weighted by atomic mass is 9.89. The summed E-state index contributed by atoms with van der Waals surface area (Å²) in [4.78, 5) is 0. The molecule has 0 saturated carbocycles. The first-order valence-electron chi connectivity index (χ1n) is 6.59. The maximum Gasteiger partial charge on any atom is 0.0426 e. The highest BCUT2D eigenvalue weighted by Crippen LogP contribution is 2.42. The van der Waals surface area contributed by atoms with E-state index < -0.39 is 0 Å². The van der Waals surface area contributed by atoms with Gasteiger partial charge in [0.2, 0.25) is 0 Å². The summed E-state index contributed by atoms with van der Waals surface area (Å²) in [6.45, 7) is 12.5. The molecule has 0 saturated heterocycles. The molecular formula is C18H21N. The van der Waals surface area contributed by atoms with Crippen molar-refractivity contribution in [2.75, 3.05) is 5.73 Å². The maximum atomic E-state index is 6.31. The monoisotopic (exact) mass is 251 g/mol. The van der Waals surface area contributed by atoms with Crippen LogP contribution < -0.4 is 5.73 Å². The first-order valence-corrected chi connectivity index (χ1v) is 6.59. The van der Waals surface area contributed by atoms with E-state index in [1.807, 2.05) is 25.2 Å². The van der Waals surface area contributed by atoms with E-state index in [0.29, 0.717) is 0 Å². The number of fused-ring (bicyclic) bond motifs is 1. The van der Waals surface area contributed by atoms with Crippen LogP contribution in [0, 0.1) is 13.8 Å². The molecular weight excluding hydrogens is 230 g/mol. The number of hydrogen-bond acceptors (Lipinski definition) is 1. The molecule has 1 aromatic rings. The molecule has 0 aromatic heterocycles. The van der Waals surface area contributed by atoms with Crippen LogP contribution >= 0.6 is 0 Å². The third-order valence-electron chi connectivity index (χ3n) is 3.77. The number of rotatable bonds is 2. The number of anilines is 1. The molecule has 0 heterocycles. The molecule has 1 heteroatoms. The van der Waals surface area contributed by atoms with E-state index in [1.54, 1.807) is 0 Å². The maximum absolute atomic E-state index is 6.31. The number of hydrogen-bond donors (Lipinski definition) is 1. The zero-order valence-electron chi connectivity index (χ0n) is 12.2. The first-order chi connectivity index (χ1) is 8.99. The summed E-state index contributed by atoms with van der Waals surface area (Å²) in [7, 11) is 0. The van der Waals surface area contributed by atoms with Crippen molar-refractivity contribution >= 4 is 22.9 Å². The Kier molecular flexibility index (Phi) is 3.48. The van der Waals surface area contributed by atoms with Gasteiger partial charge in [0, 0.05) is 11.3 Å². The summed E-state index contributed by atoms with van der Waals surface area (Å²) < 4.78 is 0. The fraction of sp³-hybridized carbons (Fsp3) is 0.222. The molecule has 1 nitrogen and oxygen atoms in total. The SMILES string of the molecule is C=C1C=C(C)c2c(C)c(N)c(/C=C\C=C\C)c(C)c21. The Bertz CT molecular complexity index is 640. The Hall–Kier alpha value is -2.02. The molecule has 1 aliphatic rings. The molecule has 0 unspecified atom stereocenters. The van der Waals surface area contributed by atoms with Gasteiger partial charge in [-0.15, -0.1) is 0 Å². The van der Waals surface area contributed by atoms with Crippen molar-refractivity contribution in [1.82, 2.24) is 0 Å². The molecule has 1 aromatic carbocycles. The van der Waals surface area contributed by atoms with Gasteiger partial charge in [-0.05, 0) is 61.1 Å². The Balaban J connectivity index is 2.72. The first kappa shape index (κ1) is 13.4. The largest absolute Gasteiger partial charge is 0.398 e. The molecule has 2 N–H and O–H groups in total. The van der Waals surface area contributed by atoms with Crippen LogP contribution in [0.5, 0.6) is 0 Å². The van der Waals surface area contributed by atoms with E-state index in [2.05, 4.69) is 39.5 Å². The van der Waals surface area contributed by atoms with Crippen molar-refractivity contribution in [3.63, 3.8) is 0 Å². The molecule has 0 atom stereocenters. The van der Waals surface area contributed by atoms with Gasteiger partial charge in [-0.1, -0.05) is 37.0 Å². The molecule has 19 heavy (non-hydrogen) atoms. The van der Waals surface area contributed by atoms with Crippen LogP contribution in [-0.2, 0) is 0 Å². The van der Waals surface area contributed by atoms with E-state index >= 15 is 0 Å². The van der Waals surface area contributed by atoms with Gasteiger partial charge in [0.05, 0.1) is 0 Å². The van der Waals surface area contributed by atoms with Crippen molar-refractivity contribution in [3.8, 4) is 0 Å². The topological polar surface area (TPSA) is 26.0 Å². The van der Waals surface area contributed by atoms with Gasteiger partial charge in [0.15, 0.2) is 0 Å². The fourth-order valence-electron chi connectivity index (χ4n) is 2.83. The molecule has 98 valence electrons. The van der Waals surface area contributed by atoms with Crippen molar-refractivity contribution in [2.45, 2.75) is 27.7 Å². The molecule has 0 spiro atoms. The molecule has 2 rings (SSSR count). The highest BCUT2D eigenvalue weighted by atomic mass is 14.6. The highest BCUT2D eigenvalue weighted by molar-refractivity contribution is 5.99. The third-order valence-corrected chi connectivity index (χ3v) is 3.77. The van der Waals surface area contributed by atoms with Crippen molar-refractivity contribution in [1.29, 1.82) is 0 Å². The molecule has 0 amide bonds. The lowest BCUT2D eigenvalue weighted by molar-refractivity contribution is 1.33. The molecule has 0 aliphatic heterocycles. The Labute approximate surface area is 115 Å². The van der Waals surface area contributed by atoms with E-state index in [4.69, 9.17) is 5.73 Å². The summed E-state index contributed by atoms with van der Waals surface area (Å²) >= 11 is 0. The van der Waals surface area contributed by atoms with Gasteiger partial charge in [0.1, 0.15) is 0 Å². The van der Waals surface area contributed by atoms with E-state index in [9.17, 15) is 0 Å². The van der Waals surface area contributed by atoms with Crippen molar-refractivity contribution in [3.05, 3.63) is 58.7 Å². The Morgan fingerprint density at radius 3 is 2.37 bits per heavy atom. The van der Waals surface area contributed by atoms with Gasteiger partial charge < -0.3 is 5.73 Å². The third kappa shape index (κ3) is 2.06. The zero-order valence-corrected chi connectivity index (χ0v) is 12.2. The lowest BCUT2D eigenvalue weighted by Crippen LogP contribution is -2.03. The zero-order chi connectivity index (χ0) is 14.2. The Morgan fingerprint density at radius 2 is 1.74 bits per heavy atom. The highest BCUT2D eigenvalue weighted by Gasteiger charge is 2.22. The lowest BCUT2D eigenvalue weighted by Gasteiger charge is -2.17. The van der Waals surface area contributed by atoms with Crippen LogP contribution in [0.3, 0.4) is 0 Å². The quantitative estimate of drug-likeness (QED) is 0.587. The van der Waals surface area contributed by atoms with Gasteiger partial charge >= 0.3 is 0 Å². The number of nitrogens with two attached hydrogens (primary N) is 1. The van der Waals surface area contributed by atoms with Crippen LogP contribution in [0.2, 0.25) is 0 Å². The van der Waals surface area contributed by atoms with Crippen molar-refractivity contribution < 1.29 is 0 Å². The number of allylic oxidation sites excluding steroid dienone is 6. The standard InChI is InChI=1S/C18H21N/c1-6-7-8-9-15-13(4)16-11(2)10-12(3)17(16)14(5)18(15)19/h6-10H,2,19H2,1,3-5H3/b7-6+,9-8-. The summed E-state index contributed by atoms with van der Waals surface area (Å²) in [5.74, 6) is 0. The smallest absolute Gasteiger partial charge is 0.0426 e. The van der Waals surface area contributed by atoms with E-state index in [-0.39, 0.29) is 0 Å². The fourth-order valence-corrected chi connectivity index (χ4v) is 2.83. The van der Waals surface area contributed by atoms with Crippen LogP contribution in [0.15, 0.2) is 30.9 Å². The predicted molar refractivity (Wildman–Crippen MR) is 86.9 cm³/mol. The second kappa shape index (κ2) is 4.93. The van der Waals surface area contributed by atoms with Crippen LogP contribution in [-0.4, -0.2) is 0 Å². The minimum Gasteiger partial charge on any atom is -0.398 e. The normalized spacial score (nSPS) is 14.5. The number of benzene rings is 1. The molecule has 0 fully saturated rings. The Morgan fingerprint density at radius 1 is 1.05 bits per heavy atom. The molecule has 0 bridgehead atoms. The van der Waals surface area contributed by atoms with Crippen LogP contribution in [0.1, 0.15) is 41.7 Å². The van der Waals surface area contributed by atoms with Gasteiger partial charge in [-0.2, -0.15) is 0 Å². The average Bonchev–Trinajstić information content (AvgIpc) is 2.66. The van der Waals surface area contributed by atoms with E-state index in [0.717, 1.165) is 22.4 Å². The van der Waals surface area contributed by atoms with Crippen LogP contribution in [0.4, 0.5) is 5.69 Å². The van der Waals surface area contributed by atoms with Crippen LogP contribution in [0.25, 0.3) is 17.2 Å². The second-order valence-electron chi connectivity index (χ2n) is 5.06. The summed E-state index contributed by atoms with van der Waals surface area (Å²) in [6, 6.07) is 0. The van der Waals surface area contributed by atoms with E-state index in [1.165, 1.54) is 22.3 Å². The average molecular weight is 251 g/mol. The summed E-state index contributed by atoms with van der Waals surface area (Å²) in [6.07, 6.45) is 10.3. The van der Waals surface area contributed by atoms with Gasteiger partial charge in [-0.3, -0.25) is 0 Å².